The molecule has 2 aromatic carbocycles. The topological polar surface area (TPSA) is 87.8 Å². The maximum absolute atomic E-state index is 12.6. The number of carbonyl (C=O) groups excluding carboxylic acids is 1. The quantitative estimate of drug-likeness (QED) is 0.727. The minimum Gasteiger partial charge on any atom is -0.493 e. The first-order valence-corrected chi connectivity index (χ1v) is 9.36. The number of ether oxygens (including phenoxy) is 2. The SMILES string of the molecule is COc1cc2nc(N3CCN(C(=O)c4ccccc4)CC3)[nH]c(=O)c2cc1OC. The van der Waals surface area contributed by atoms with Crippen LogP contribution in [-0.2, 0) is 0 Å². The molecule has 1 amide bonds. The fourth-order valence-electron chi connectivity index (χ4n) is 3.49. The lowest BCUT2D eigenvalue weighted by Crippen LogP contribution is -2.49. The van der Waals surface area contributed by atoms with Crippen molar-refractivity contribution in [2.45, 2.75) is 0 Å². The number of anilines is 1. The van der Waals surface area contributed by atoms with E-state index in [0.29, 0.717) is 60.1 Å². The lowest BCUT2D eigenvalue weighted by Gasteiger charge is -2.35. The normalized spacial score (nSPS) is 14.1. The lowest BCUT2D eigenvalue weighted by molar-refractivity contribution is 0.0746. The highest BCUT2D eigenvalue weighted by Gasteiger charge is 2.24. The summed E-state index contributed by atoms with van der Waals surface area (Å²) in [6.45, 7) is 2.28. The minimum atomic E-state index is -0.242. The Morgan fingerprint density at radius 1 is 1.00 bits per heavy atom. The molecule has 1 fully saturated rings. The molecule has 1 saturated heterocycles. The molecule has 150 valence electrons. The van der Waals surface area contributed by atoms with Crippen molar-refractivity contribution in [1.29, 1.82) is 0 Å². The zero-order valence-electron chi connectivity index (χ0n) is 16.3. The average Bonchev–Trinajstić information content (AvgIpc) is 2.78. The summed E-state index contributed by atoms with van der Waals surface area (Å²) >= 11 is 0. The number of hydrogen-bond donors (Lipinski definition) is 1. The molecule has 0 bridgehead atoms. The summed E-state index contributed by atoms with van der Waals surface area (Å²) in [6.07, 6.45) is 0. The summed E-state index contributed by atoms with van der Waals surface area (Å²) in [4.78, 5) is 36.4. The molecular formula is C21H22N4O4. The molecule has 0 saturated carbocycles. The predicted molar refractivity (Wildman–Crippen MR) is 110 cm³/mol. The number of aromatic nitrogens is 2. The van der Waals surface area contributed by atoms with Gasteiger partial charge in [0, 0.05) is 37.8 Å². The number of fused-ring (bicyclic) bond motifs is 1. The van der Waals surface area contributed by atoms with Crippen molar-refractivity contribution >= 4 is 22.8 Å². The Hall–Kier alpha value is -3.55. The zero-order valence-corrected chi connectivity index (χ0v) is 16.3. The Bertz CT molecular complexity index is 1090. The van der Waals surface area contributed by atoms with E-state index in [1.807, 2.05) is 40.1 Å². The van der Waals surface area contributed by atoms with E-state index in [0.717, 1.165) is 0 Å². The van der Waals surface area contributed by atoms with Crippen molar-refractivity contribution in [2.75, 3.05) is 45.3 Å². The Labute approximate surface area is 167 Å². The molecule has 8 nitrogen and oxygen atoms in total. The molecule has 1 aromatic heterocycles. The highest BCUT2D eigenvalue weighted by atomic mass is 16.5. The molecule has 0 atom stereocenters. The summed E-state index contributed by atoms with van der Waals surface area (Å²) < 4.78 is 10.6. The summed E-state index contributed by atoms with van der Waals surface area (Å²) in [7, 11) is 3.07. The van der Waals surface area contributed by atoms with Gasteiger partial charge in [0.05, 0.1) is 25.1 Å². The number of piperazine rings is 1. The van der Waals surface area contributed by atoms with Crippen molar-refractivity contribution in [2.24, 2.45) is 0 Å². The molecule has 2 heterocycles. The predicted octanol–water partition coefficient (Wildman–Crippen LogP) is 1.90. The van der Waals surface area contributed by atoms with E-state index in [1.54, 1.807) is 19.2 Å². The van der Waals surface area contributed by atoms with Gasteiger partial charge in [-0.1, -0.05) is 18.2 Å². The molecule has 0 spiro atoms. The molecule has 29 heavy (non-hydrogen) atoms. The van der Waals surface area contributed by atoms with Gasteiger partial charge in [-0.15, -0.1) is 0 Å². The summed E-state index contributed by atoms with van der Waals surface area (Å²) in [5.41, 5.74) is 0.970. The first-order chi connectivity index (χ1) is 14.1. The number of aromatic amines is 1. The van der Waals surface area contributed by atoms with Crippen molar-refractivity contribution in [3.05, 3.63) is 58.4 Å². The molecule has 0 unspecified atom stereocenters. The van der Waals surface area contributed by atoms with Crippen molar-refractivity contribution < 1.29 is 14.3 Å². The standard InChI is InChI=1S/C21H22N4O4/c1-28-17-12-15-16(13-18(17)29-2)22-21(23-19(15)26)25-10-8-24(9-11-25)20(27)14-6-4-3-5-7-14/h3-7,12-13H,8-11H2,1-2H3,(H,22,23,26). The monoisotopic (exact) mass is 394 g/mol. The van der Waals surface area contributed by atoms with Crippen LogP contribution in [-0.4, -0.2) is 61.2 Å². The number of rotatable bonds is 4. The lowest BCUT2D eigenvalue weighted by atomic mass is 10.2. The fourth-order valence-corrected chi connectivity index (χ4v) is 3.49. The smallest absolute Gasteiger partial charge is 0.260 e. The number of nitrogens with one attached hydrogen (secondary N) is 1. The van der Waals surface area contributed by atoms with E-state index < -0.39 is 0 Å². The van der Waals surface area contributed by atoms with Gasteiger partial charge in [-0.05, 0) is 18.2 Å². The van der Waals surface area contributed by atoms with Gasteiger partial charge in [0.1, 0.15) is 0 Å². The molecule has 4 rings (SSSR count). The molecule has 1 aliphatic heterocycles. The maximum atomic E-state index is 12.6. The number of carbonyl (C=O) groups is 1. The molecular weight excluding hydrogens is 372 g/mol. The number of benzene rings is 2. The van der Waals surface area contributed by atoms with E-state index >= 15 is 0 Å². The molecule has 0 radical (unpaired) electrons. The van der Waals surface area contributed by atoms with E-state index in [9.17, 15) is 9.59 Å². The first kappa shape index (κ1) is 18.8. The number of amides is 1. The third-order valence-corrected chi connectivity index (χ3v) is 5.09. The summed E-state index contributed by atoms with van der Waals surface area (Å²) in [5, 5.41) is 0.435. The van der Waals surface area contributed by atoms with Crippen LogP contribution in [0, 0.1) is 0 Å². The number of nitrogens with zero attached hydrogens (tertiary/aromatic N) is 3. The van der Waals surface area contributed by atoms with Crippen LogP contribution in [0.15, 0.2) is 47.3 Å². The van der Waals surface area contributed by atoms with Crippen molar-refractivity contribution in [1.82, 2.24) is 14.9 Å². The van der Waals surface area contributed by atoms with E-state index in [2.05, 4.69) is 9.97 Å². The largest absolute Gasteiger partial charge is 0.493 e. The zero-order chi connectivity index (χ0) is 20.4. The second kappa shape index (κ2) is 7.83. The van der Waals surface area contributed by atoms with Gasteiger partial charge < -0.3 is 19.3 Å². The third kappa shape index (κ3) is 3.61. The van der Waals surface area contributed by atoms with Gasteiger partial charge >= 0.3 is 0 Å². The van der Waals surface area contributed by atoms with Crippen LogP contribution in [0.4, 0.5) is 5.95 Å². The molecule has 3 aromatic rings. The number of methoxy groups -OCH3 is 2. The second-order valence-electron chi connectivity index (χ2n) is 6.76. The van der Waals surface area contributed by atoms with Gasteiger partial charge in [0.2, 0.25) is 5.95 Å². The highest BCUT2D eigenvalue weighted by Crippen LogP contribution is 2.30. The summed E-state index contributed by atoms with van der Waals surface area (Å²) in [6, 6.07) is 12.6. The average molecular weight is 394 g/mol. The van der Waals surface area contributed by atoms with Crippen LogP contribution in [0.2, 0.25) is 0 Å². The second-order valence-corrected chi connectivity index (χ2v) is 6.76. The van der Waals surface area contributed by atoms with E-state index in [-0.39, 0.29) is 11.5 Å². The van der Waals surface area contributed by atoms with Gasteiger partial charge in [0.25, 0.3) is 11.5 Å². The Balaban J connectivity index is 1.55. The Kier molecular flexibility index (Phi) is 5.07. The van der Waals surface area contributed by atoms with E-state index in [4.69, 9.17) is 9.47 Å². The van der Waals surface area contributed by atoms with Crippen molar-refractivity contribution in [3.8, 4) is 11.5 Å². The Morgan fingerprint density at radius 2 is 1.66 bits per heavy atom. The molecule has 0 aliphatic carbocycles. The molecule has 1 N–H and O–H groups in total. The highest BCUT2D eigenvalue weighted by molar-refractivity contribution is 5.94. The van der Waals surface area contributed by atoms with Gasteiger partial charge in [-0.2, -0.15) is 0 Å². The van der Waals surface area contributed by atoms with Gasteiger partial charge in [0.15, 0.2) is 11.5 Å². The summed E-state index contributed by atoms with van der Waals surface area (Å²) in [5.74, 6) is 1.50. The maximum Gasteiger partial charge on any atom is 0.260 e. The molecule has 8 heteroatoms. The fraction of sp³-hybridized carbons (Fsp3) is 0.286. The van der Waals surface area contributed by atoms with Crippen LogP contribution in [0.5, 0.6) is 11.5 Å². The van der Waals surface area contributed by atoms with Gasteiger partial charge in [-0.3, -0.25) is 14.6 Å². The van der Waals surface area contributed by atoms with E-state index in [1.165, 1.54) is 7.11 Å². The third-order valence-electron chi connectivity index (χ3n) is 5.09. The minimum absolute atomic E-state index is 0.0158. The van der Waals surface area contributed by atoms with Crippen LogP contribution in [0.3, 0.4) is 0 Å². The number of H-pyrrole nitrogens is 1. The van der Waals surface area contributed by atoms with Crippen molar-refractivity contribution in [3.63, 3.8) is 0 Å². The number of hydrogen-bond acceptors (Lipinski definition) is 6. The van der Waals surface area contributed by atoms with Crippen LogP contribution < -0.4 is 19.9 Å². The first-order valence-electron chi connectivity index (χ1n) is 9.36. The molecule has 1 aliphatic rings. The van der Waals surface area contributed by atoms with Gasteiger partial charge in [-0.25, -0.2) is 4.98 Å². The Morgan fingerprint density at radius 3 is 2.31 bits per heavy atom. The van der Waals surface area contributed by atoms with Crippen LogP contribution in [0.1, 0.15) is 10.4 Å². The van der Waals surface area contributed by atoms with Crippen LogP contribution >= 0.6 is 0 Å². The van der Waals surface area contributed by atoms with Crippen LogP contribution in [0.25, 0.3) is 10.9 Å².